The number of fused-ring (bicyclic) bond motifs is 1. The van der Waals surface area contributed by atoms with Crippen molar-refractivity contribution in [3.05, 3.63) is 24.3 Å². The predicted molar refractivity (Wildman–Crippen MR) is 88.1 cm³/mol. The van der Waals surface area contributed by atoms with Crippen LogP contribution in [-0.2, 0) is 10.0 Å². The molecular weight excluding hydrogens is 324 g/mol. The summed E-state index contributed by atoms with van der Waals surface area (Å²) < 4.78 is 32.4. The van der Waals surface area contributed by atoms with Crippen molar-refractivity contribution in [1.29, 1.82) is 0 Å². The molecule has 2 fully saturated rings. The lowest BCUT2D eigenvalue weighted by atomic mass is 10.0. The van der Waals surface area contributed by atoms with Gasteiger partial charge in [0.15, 0.2) is 0 Å². The Bertz CT molecular complexity index is 579. The summed E-state index contributed by atoms with van der Waals surface area (Å²) in [5, 5.41) is 3.33. The number of nitrogens with zero attached hydrogens (tertiary/aromatic N) is 1. The van der Waals surface area contributed by atoms with Gasteiger partial charge in [-0.1, -0.05) is 6.92 Å². The summed E-state index contributed by atoms with van der Waals surface area (Å²) in [7, 11) is -3.37. The highest BCUT2D eigenvalue weighted by Crippen LogP contribution is 2.31. The van der Waals surface area contributed by atoms with E-state index in [2.05, 4.69) is 5.32 Å². The van der Waals surface area contributed by atoms with Gasteiger partial charge in [-0.05, 0) is 55.6 Å². The number of nitrogens with one attached hydrogen (secondary N) is 1. The van der Waals surface area contributed by atoms with Crippen LogP contribution >= 0.6 is 12.4 Å². The van der Waals surface area contributed by atoms with Gasteiger partial charge in [0.05, 0.1) is 11.5 Å². The molecule has 0 aromatic heterocycles. The van der Waals surface area contributed by atoms with Gasteiger partial charge in [-0.25, -0.2) is 8.42 Å². The van der Waals surface area contributed by atoms with Crippen molar-refractivity contribution < 1.29 is 13.2 Å². The van der Waals surface area contributed by atoms with Crippen LogP contribution in [0.15, 0.2) is 29.2 Å². The Labute approximate surface area is 138 Å². The minimum Gasteiger partial charge on any atom is -0.494 e. The van der Waals surface area contributed by atoms with Crippen LogP contribution in [-0.4, -0.2) is 45.5 Å². The van der Waals surface area contributed by atoms with Crippen molar-refractivity contribution >= 4 is 22.4 Å². The summed E-state index contributed by atoms with van der Waals surface area (Å²) in [6.45, 7) is 5.82. The molecule has 22 heavy (non-hydrogen) atoms. The maximum atomic E-state index is 12.7. The Hall–Kier alpha value is -0.820. The second-order valence-corrected chi connectivity index (χ2v) is 7.76. The van der Waals surface area contributed by atoms with Crippen LogP contribution in [0.4, 0.5) is 0 Å². The fourth-order valence-corrected chi connectivity index (χ4v) is 4.64. The maximum Gasteiger partial charge on any atom is 0.243 e. The Morgan fingerprint density at radius 2 is 1.77 bits per heavy atom. The molecular formula is C15H23ClN2O3S. The van der Waals surface area contributed by atoms with E-state index in [0.717, 1.165) is 25.3 Å². The monoisotopic (exact) mass is 346 g/mol. The third kappa shape index (κ3) is 3.40. The second-order valence-electron chi connectivity index (χ2n) is 5.82. The number of hydrogen-bond donors (Lipinski definition) is 1. The van der Waals surface area contributed by atoms with Crippen LogP contribution in [0.25, 0.3) is 0 Å². The summed E-state index contributed by atoms with van der Waals surface area (Å²) in [5.74, 6) is 1.65. The van der Waals surface area contributed by atoms with Crippen molar-refractivity contribution in [3.63, 3.8) is 0 Å². The van der Waals surface area contributed by atoms with Crippen molar-refractivity contribution in [2.24, 2.45) is 11.8 Å². The minimum absolute atomic E-state index is 0. The van der Waals surface area contributed by atoms with Gasteiger partial charge < -0.3 is 10.1 Å². The van der Waals surface area contributed by atoms with Crippen LogP contribution in [0.5, 0.6) is 5.75 Å². The molecule has 5 nitrogen and oxygen atoms in total. The average molecular weight is 347 g/mol. The Morgan fingerprint density at radius 3 is 2.32 bits per heavy atom. The van der Waals surface area contributed by atoms with Crippen molar-refractivity contribution in [3.8, 4) is 5.75 Å². The predicted octanol–water partition coefficient (Wildman–Crippen LogP) is 1.74. The lowest BCUT2D eigenvalue weighted by Gasteiger charge is -2.17. The molecule has 3 rings (SSSR count). The fourth-order valence-electron chi connectivity index (χ4n) is 3.09. The van der Waals surface area contributed by atoms with E-state index >= 15 is 0 Å². The van der Waals surface area contributed by atoms with Crippen LogP contribution in [0.3, 0.4) is 0 Å². The Kier molecular flexibility index (Phi) is 5.71. The summed E-state index contributed by atoms with van der Waals surface area (Å²) in [6, 6.07) is 6.77. The van der Waals surface area contributed by atoms with Gasteiger partial charge in [0.1, 0.15) is 5.75 Å². The molecule has 2 aliphatic rings. The van der Waals surface area contributed by atoms with Crippen molar-refractivity contribution in [1.82, 2.24) is 9.62 Å². The summed E-state index contributed by atoms with van der Waals surface area (Å²) in [5.41, 5.74) is 0. The van der Waals surface area contributed by atoms with Gasteiger partial charge in [0.2, 0.25) is 10.0 Å². The second kappa shape index (κ2) is 7.17. The van der Waals surface area contributed by atoms with Crippen LogP contribution in [0, 0.1) is 11.8 Å². The molecule has 2 atom stereocenters. The van der Waals surface area contributed by atoms with E-state index in [9.17, 15) is 8.42 Å². The van der Waals surface area contributed by atoms with Gasteiger partial charge in [-0.2, -0.15) is 4.31 Å². The minimum atomic E-state index is -3.37. The van der Waals surface area contributed by atoms with Gasteiger partial charge in [-0.3, -0.25) is 0 Å². The maximum absolute atomic E-state index is 12.7. The number of sulfonamides is 1. The highest BCUT2D eigenvalue weighted by atomic mass is 35.5. The SMILES string of the molecule is CCCOc1ccc(S(=O)(=O)N2C[C@H]3CNC[C@H]3C2)cc1.Cl. The van der Waals surface area contributed by atoms with Gasteiger partial charge in [0, 0.05) is 13.1 Å². The number of hydrogen-bond acceptors (Lipinski definition) is 4. The third-order valence-electron chi connectivity index (χ3n) is 4.29. The zero-order valence-corrected chi connectivity index (χ0v) is 14.3. The molecule has 0 aliphatic carbocycles. The molecule has 124 valence electrons. The number of benzene rings is 1. The van der Waals surface area contributed by atoms with E-state index < -0.39 is 10.0 Å². The molecule has 2 saturated heterocycles. The molecule has 0 radical (unpaired) electrons. The molecule has 0 amide bonds. The van der Waals surface area contributed by atoms with E-state index in [1.54, 1.807) is 28.6 Å². The smallest absolute Gasteiger partial charge is 0.243 e. The molecule has 1 aromatic rings. The molecule has 0 unspecified atom stereocenters. The van der Waals surface area contributed by atoms with E-state index in [-0.39, 0.29) is 12.4 Å². The average Bonchev–Trinajstić information content (AvgIpc) is 3.07. The number of halogens is 1. The van der Waals surface area contributed by atoms with Crippen molar-refractivity contribution in [2.45, 2.75) is 18.2 Å². The highest BCUT2D eigenvalue weighted by molar-refractivity contribution is 7.89. The molecule has 7 heteroatoms. The highest BCUT2D eigenvalue weighted by Gasteiger charge is 2.41. The summed E-state index contributed by atoms with van der Waals surface area (Å²) in [6.07, 6.45) is 0.935. The first-order chi connectivity index (χ1) is 10.1. The molecule has 1 N–H and O–H groups in total. The van der Waals surface area contributed by atoms with E-state index in [4.69, 9.17) is 4.74 Å². The van der Waals surface area contributed by atoms with E-state index in [0.29, 0.717) is 36.4 Å². The van der Waals surface area contributed by atoms with E-state index in [1.807, 2.05) is 6.92 Å². The zero-order chi connectivity index (χ0) is 14.9. The number of rotatable bonds is 5. The molecule has 2 aliphatic heterocycles. The largest absolute Gasteiger partial charge is 0.494 e. The molecule has 2 heterocycles. The first kappa shape index (κ1) is 17.5. The molecule has 1 aromatic carbocycles. The Morgan fingerprint density at radius 1 is 1.18 bits per heavy atom. The summed E-state index contributed by atoms with van der Waals surface area (Å²) >= 11 is 0. The standard InChI is InChI=1S/C15H22N2O3S.ClH/c1-2-7-20-14-3-5-15(6-4-14)21(18,19)17-10-12-8-16-9-13(12)11-17;/h3-6,12-13,16H,2,7-11H2,1H3;1H/t12-,13+;. The molecule has 0 spiro atoms. The quantitative estimate of drug-likeness (QED) is 0.882. The Balaban J connectivity index is 0.00000176. The van der Waals surface area contributed by atoms with Crippen molar-refractivity contribution in [2.75, 3.05) is 32.8 Å². The van der Waals surface area contributed by atoms with Gasteiger partial charge in [0.25, 0.3) is 0 Å². The van der Waals surface area contributed by atoms with Crippen LogP contribution in [0.2, 0.25) is 0 Å². The molecule has 0 saturated carbocycles. The van der Waals surface area contributed by atoms with E-state index in [1.165, 1.54) is 0 Å². The molecule has 0 bridgehead atoms. The normalized spacial score (nSPS) is 24.8. The third-order valence-corrected chi connectivity index (χ3v) is 6.14. The van der Waals surface area contributed by atoms with Gasteiger partial charge >= 0.3 is 0 Å². The van der Waals surface area contributed by atoms with Crippen LogP contribution in [0.1, 0.15) is 13.3 Å². The van der Waals surface area contributed by atoms with Crippen LogP contribution < -0.4 is 10.1 Å². The van der Waals surface area contributed by atoms with Gasteiger partial charge in [-0.15, -0.1) is 12.4 Å². The zero-order valence-electron chi connectivity index (χ0n) is 12.7. The first-order valence-corrected chi connectivity index (χ1v) is 8.99. The lowest BCUT2D eigenvalue weighted by Crippen LogP contribution is -2.31. The first-order valence-electron chi connectivity index (χ1n) is 7.55. The lowest BCUT2D eigenvalue weighted by molar-refractivity contribution is 0.317. The topological polar surface area (TPSA) is 58.6 Å². The fraction of sp³-hybridized carbons (Fsp3) is 0.600. The number of ether oxygens (including phenoxy) is 1. The summed E-state index contributed by atoms with van der Waals surface area (Å²) in [4.78, 5) is 0.360.